The number of aliphatic carboxylic acids is 1. The molecule has 0 unspecified atom stereocenters. The number of nitrogens with zero attached hydrogens (tertiary/aromatic N) is 7. The molecule has 10 rings (SSSR count). The summed E-state index contributed by atoms with van der Waals surface area (Å²) < 4.78 is 40.6. The molecule has 4 N–H and O–H groups in total. The number of nitrogens with two attached hydrogens (primary N) is 1. The fraction of sp³-hybridized carbons (Fsp3) is 0.306. The maximum absolute atomic E-state index is 14.4. The van der Waals surface area contributed by atoms with Crippen LogP contribution < -0.4 is 30.0 Å². The standard InChI is InChI=1S/C49H48Cl2FN9O6S/c1-27-39-28(2)43(51)44(42(27)50)66-35(23-61-18-16-60(3)17-19-61)25-64-34-9-10-36(65-24-33-12-14-55-46(59-33)30-6-11-38(56-22-30)54-15-13-53)31(20-34)21-37(49(62)63)67-47-41-40(39)45(68-48(41)58-26-57-47)29-4-7-32(52)8-5-29/h4-12,14,20,22,26,35,37H,13,15-19,21,23-25,53H2,1-3H3,(H,54,56)(H,62,63)/t35-,37-/m1/s1. The van der Waals surface area contributed by atoms with Gasteiger partial charge in [0, 0.05) is 86.2 Å². The van der Waals surface area contributed by atoms with E-state index in [2.05, 4.69) is 42.1 Å². The molecule has 0 spiro atoms. The molecule has 3 aliphatic heterocycles. The van der Waals surface area contributed by atoms with Crippen molar-refractivity contribution in [3.8, 4) is 56.1 Å². The number of carbonyl (C=O) groups is 1. The molecule has 7 heterocycles. The van der Waals surface area contributed by atoms with Gasteiger partial charge in [-0.1, -0.05) is 35.3 Å². The Kier molecular flexibility index (Phi) is 14.2. The Morgan fingerprint density at radius 3 is 2.44 bits per heavy atom. The maximum atomic E-state index is 14.4. The number of piperazine rings is 1. The summed E-state index contributed by atoms with van der Waals surface area (Å²) in [5.41, 5.74) is 10.6. The summed E-state index contributed by atoms with van der Waals surface area (Å²) >= 11 is 16.0. The Labute approximate surface area is 406 Å². The van der Waals surface area contributed by atoms with E-state index in [1.807, 2.05) is 26.0 Å². The van der Waals surface area contributed by atoms with Crippen LogP contribution in [0.1, 0.15) is 22.4 Å². The number of fused-ring (bicyclic) bond motifs is 7. The predicted molar refractivity (Wildman–Crippen MR) is 261 cm³/mol. The predicted octanol–water partition coefficient (Wildman–Crippen LogP) is 8.35. The Bertz CT molecular complexity index is 2930. The third-order valence-corrected chi connectivity index (χ3v) is 14.0. The number of benzene rings is 3. The first kappa shape index (κ1) is 46.9. The molecule has 4 aromatic heterocycles. The summed E-state index contributed by atoms with van der Waals surface area (Å²) in [4.78, 5) is 42.0. The largest absolute Gasteiger partial charge is 0.490 e. The van der Waals surface area contributed by atoms with Gasteiger partial charge in [-0.2, -0.15) is 0 Å². The smallest absolute Gasteiger partial charge is 0.345 e. The third-order valence-electron chi connectivity index (χ3n) is 11.9. The van der Waals surface area contributed by atoms with Crippen LogP contribution in [-0.4, -0.2) is 117 Å². The monoisotopic (exact) mass is 979 g/mol. The Morgan fingerprint density at radius 2 is 1.72 bits per heavy atom. The zero-order valence-corrected chi connectivity index (χ0v) is 39.8. The van der Waals surface area contributed by atoms with Gasteiger partial charge in [-0.05, 0) is 91.7 Å². The van der Waals surface area contributed by atoms with Crippen LogP contribution in [0.5, 0.6) is 23.1 Å². The summed E-state index contributed by atoms with van der Waals surface area (Å²) in [6.45, 7) is 8.90. The zero-order chi connectivity index (χ0) is 47.5. The van der Waals surface area contributed by atoms with E-state index in [9.17, 15) is 14.3 Å². The fourth-order valence-corrected chi connectivity index (χ4v) is 9.97. The second-order valence-corrected chi connectivity index (χ2v) is 18.4. The number of carboxylic acids is 1. The van der Waals surface area contributed by atoms with Gasteiger partial charge in [-0.25, -0.2) is 34.1 Å². The van der Waals surface area contributed by atoms with Crippen molar-refractivity contribution < 1.29 is 33.2 Å². The van der Waals surface area contributed by atoms with E-state index in [-0.39, 0.29) is 25.5 Å². The Balaban J connectivity index is 1.13. The molecule has 4 bridgehead atoms. The lowest BCUT2D eigenvalue weighted by atomic mass is 9.92. The Hall–Kier alpha value is -6.21. The molecule has 7 aromatic rings. The highest BCUT2D eigenvalue weighted by Crippen LogP contribution is 2.53. The van der Waals surface area contributed by atoms with Crippen LogP contribution in [0.2, 0.25) is 10.0 Å². The van der Waals surface area contributed by atoms with Crippen molar-refractivity contribution in [2.45, 2.75) is 39.1 Å². The number of halogens is 3. The number of ether oxygens (including phenoxy) is 4. The Morgan fingerprint density at radius 1 is 0.956 bits per heavy atom. The van der Waals surface area contributed by atoms with Gasteiger partial charge in [0.05, 0.1) is 21.1 Å². The molecule has 0 saturated carbocycles. The SMILES string of the molecule is Cc1c(Cl)c2c(Cl)c(C)c1-c1c(-c3ccc(F)cc3)sc3ncnc(c13)O[C@@H](C(=O)O)Cc1cc(ccc1OCc1ccnc(-c3ccc(NCCN)nc3)n1)OC[C@@H](CN1CCN(C)CC1)O2. The van der Waals surface area contributed by atoms with Gasteiger partial charge in [0.25, 0.3) is 0 Å². The molecule has 3 aliphatic rings. The lowest BCUT2D eigenvalue weighted by molar-refractivity contribution is -0.145. The first-order chi connectivity index (χ1) is 32.9. The van der Waals surface area contributed by atoms with Crippen molar-refractivity contribution in [2.75, 3.05) is 64.8 Å². The van der Waals surface area contributed by atoms with Gasteiger partial charge < -0.3 is 40.0 Å². The van der Waals surface area contributed by atoms with E-state index in [0.29, 0.717) is 118 Å². The van der Waals surface area contributed by atoms with Crippen molar-refractivity contribution in [1.82, 2.24) is 34.7 Å². The van der Waals surface area contributed by atoms with Gasteiger partial charge in [-0.15, -0.1) is 11.3 Å². The van der Waals surface area contributed by atoms with Crippen molar-refractivity contribution in [1.29, 1.82) is 0 Å². The van der Waals surface area contributed by atoms with E-state index in [0.717, 1.165) is 26.2 Å². The number of nitrogens with one attached hydrogen (secondary N) is 1. The first-order valence-electron chi connectivity index (χ1n) is 22.0. The van der Waals surface area contributed by atoms with Crippen LogP contribution >= 0.6 is 34.5 Å². The molecule has 68 heavy (non-hydrogen) atoms. The minimum absolute atomic E-state index is 0.0195. The van der Waals surface area contributed by atoms with E-state index in [1.165, 1.54) is 29.8 Å². The van der Waals surface area contributed by atoms with Gasteiger partial charge in [0.15, 0.2) is 11.6 Å². The molecule has 0 radical (unpaired) electrons. The number of aromatic nitrogens is 5. The van der Waals surface area contributed by atoms with Gasteiger partial charge in [0.1, 0.15) is 53.6 Å². The second-order valence-electron chi connectivity index (χ2n) is 16.6. The van der Waals surface area contributed by atoms with Crippen LogP contribution in [0, 0.1) is 19.7 Å². The van der Waals surface area contributed by atoms with E-state index >= 15 is 0 Å². The number of hydrogen-bond donors (Lipinski definition) is 3. The quantitative estimate of drug-likeness (QED) is 0.112. The number of carboxylic acid groups (broad SMARTS) is 1. The summed E-state index contributed by atoms with van der Waals surface area (Å²) in [6, 6.07) is 16.8. The van der Waals surface area contributed by atoms with Crippen LogP contribution in [0.4, 0.5) is 10.2 Å². The fourth-order valence-electron chi connectivity index (χ4n) is 8.31. The van der Waals surface area contributed by atoms with Crippen LogP contribution in [0.3, 0.4) is 0 Å². The minimum Gasteiger partial charge on any atom is -0.490 e. The maximum Gasteiger partial charge on any atom is 0.345 e. The number of thiophene rings is 1. The van der Waals surface area contributed by atoms with Crippen molar-refractivity contribution in [3.63, 3.8) is 0 Å². The first-order valence-corrected chi connectivity index (χ1v) is 23.6. The molecular weight excluding hydrogens is 933 g/mol. The molecule has 1 fully saturated rings. The van der Waals surface area contributed by atoms with E-state index < -0.39 is 24.0 Å². The highest BCUT2D eigenvalue weighted by atomic mass is 35.5. The average molecular weight is 981 g/mol. The van der Waals surface area contributed by atoms with Crippen LogP contribution in [0.15, 0.2) is 79.4 Å². The van der Waals surface area contributed by atoms with Crippen molar-refractivity contribution in [2.24, 2.45) is 5.73 Å². The molecule has 19 heteroatoms. The normalized spacial score (nSPS) is 16.7. The molecule has 15 nitrogen and oxygen atoms in total. The van der Waals surface area contributed by atoms with E-state index in [4.69, 9.17) is 52.9 Å². The van der Waals surface area contributed by atoms with Gasteiger partial charge in [-0.3, -0.25) is 4.90 Å². The van der Waals surface area contributed by atoms with Crippen molar-refractivity contribution in [3.05, 3.63) is 118 Å². The molecule has 352 valence electrons. The average Bonchev–Trinajstić information content (AvgIpc) is 3.73. The molecule has 0 amide bonds. The highest BCUT2D eigenvalue weighted by molar-refractivity contribution is 7.22. The number of hydrogen-bond acceptors (Lipinski definition) is 15. The molecule has 2 atom stereocenters. The second kappa shape index (κ2) is 20.6. The lowest BCUT2D eigenvalue weighted by Crippen LogP contribution is -2.49. The van der Waals surface area contributed by atoms with E-state index in [1.54, 1.807) is 48.8 Å². The van der Waals surface area contributed by atoms with Crippen molar-refractivity contribution >= 4 is 56.5 Å². The summed E-state index contributed by atoms with van der Waals surface area (Å²) in [7, 11) is 2.10. The van der Waals surface area contributed by atoms with Crippen LogP contribution in [-0.2, 0) is 17.8 Å². The van der Waals surface area contributed by atoms with Gasteiger partial charge in [0.2, 0.25) is 12.0 Å². The molecule has 0 aliphatic carbocycles. The number of pyridine rings is 1. The molecule has 3 aromatic carbocycles. The molecular formula is C49H48Cl2FN9O6S. The summed E-state index contributed by atoms with van der Waals surface area (Å²) in [6.07, 6.45) is 2.48. The molecule has 1 saturated heterocycles. The number of anilines is 1. The minimum atomic E-state index is -1.48. The highest BCUT2D eigenvalue weighted by Gasteiger charge is 2.32. The zero-order valence-electron chi connectivity index (χ0n) is 37.5. The van der Waals surface area contributed by atoms with Gasteiger partial charge >= 0.3 is 5.97 Å². The summed E-state index contributed by atoms with van der Waals surface area (Å²) in [5.74, 6) is 0.661. The topological polar surface area (TPSA) is 183 Å². The lowest BCUT2D eigenvalue weighted by Gasteiger charge is -2.35. The number of likely N-dealkylation sites (N-methyl/N-ethyl adjacent to an activating group) is 1. The summed E-state index contributed by atoms with van der Waals surface area (Å²) in [5, 5.41) is 15.1. The number of rotatable bonds is 11. The third kappa shape index (κ3) is 10.1. The van der Waals surface area contributed by atoms with Crippen LogP contribution in [0.25, 0.3) is 43.2 Å².